The van der Waals surface area contributed by atoms with E-state index in [4.69, 9.17) is 14.9 Å². The molecule has 0 unspecified atom stereocenters. The van der Waals surface area contributed by atoms with E-state index in [2.05, 4.69) is 17.9 Å². The molecule has 0 radical (unpaired) electrons. The number of carbonyl (C=O) groups is 2. The lowest BCUT2D eigenvalue weighted by molar-refractivity contribution is -0.138. The van der Waals surface area contributed by atoms with E-state index in [1.54, 1.807) is 0 Å². The Morgan fingerprint density at radius 3 is 1.50 bits per heavy atom. The van der Waals surface area contributed by atoms with E-state index in [1.165, 1.54) is 0 Å². The standard InChI is InChI=1S/C9H16O3.C7H12O3/c1-2-9(11)12-8-6-4-3-5-7-10;1-2-7(9)10-6-4-3-5-8/h2,10H,1,3-8H2;2,8H,1,3-6H2. The molecule has 0 aliphatic carbocycles. The highest BCUT2D eigenvalue weighted by atomic mass is 16.5. The Balaban J connectivity index is 0. The average molecular weight is 316 g/mol. The average Bonchev–Trinajstić information content (AvgIpc) is 2.54. The van der Waals surface area contributed by atoms with Crippen LogP contribution in [-0.4, -0.2) is 48.6 Å². The molecule has 0 aromatic rings. The SMILES string of the molecule is C=CC(=O)OCCCCCCO.C=CC(=O)OCCCCO. The van der Waals surface area contributed by atoms with E-state index < -0.39 is 5.97 Å². The first-order valence-corrected chi connectivity index (χ1v) is 7.42. The molecular formula is C16H28O6. The van der Waals surface area contributed by atoms with Gasteiger partial charge in [0.25, 0.3) is 0 Å². The maximum atomic E-state index is 10.5. The predicted molar refractivity (Wildman–Crippen MR) is 84.2 cm³/mol. The molecule has 0 amide bonds. The topological polar surface area (TPSA) is 93.1 Å². The number of carbonyl (C=O) groups excluding carboxylic acids is 2. The maximum absolute atomic E-state index is 10.5. The first-order chi connectivity index (χ1) is 10.6. The van der Waals surface area contributed by atoms with Gasteiger partial charge in [0.2, 0.25) is 0 Å². The van der Waals surface area contributed by atoms with Crippen LogP contribution >= 0.6 is 0 Å². The number of esters is 2. The van der Waals surface area contributed by atoms with Gasteiger partial charge in [-0.15, -0.1) is 0 Å². The Kier molecular flexibility index (Phi) is 19.9. The van der Waals surface area contributed by atoms with Gasteiger partial charge in [0, 0.05) is 25.4 Å². The molecule has 22 heavy (non-hydrogen) atoms. The molecule has 6 heteroatoms. The summed E-state index contributed by atoms with van der Waals surface area (Å²) in [6.07, 6.45) is 7.33. The van der Waals surface area contributed by atoms with Gasteiger partial charge >= 0.3 is 11.9 Å². The summed E-state index contributed by atoms with van der Waals surface area (Å²) in [6.45, 7) is 7.73. The molecule has 2 N–H and O–H groups in total. The fraction of sp³-hybridized carbons (Fsp3) is 0.625. The highest BCUT2D eigenvalue weighted by Crippen LogP contribution is 1.99. The van der Waals surface area contributed by atoms with Crippen LogP contribution in [0.15, 0.2) is 25.3 Å². The fourth-order valence-corrected chi connectivity index (χ4v) is 1.24. The summed E-state index contributed by atoms with van der Waals surface area (Å²) in [7, 11) is 0. The van der Waals surface area contributed by atoms with E-state index in [9.17, 15) is 9.59 Å². The van der Waals surface area contributed by atoms with Crippen LogP contribution in [0.4, 0.5) is 0 Å². The second-order valence-corrected chi connectivity index (χ2v) is 4.31. The highest BCUT2D eigenvalue weighted by Gasteiger charge is 1.94. The van der Waals surface area contributed by atoms with Gasteiger partial charge in [-0.2, -0.15) is 0 Å². The molecule has 0 aromatic heterocycles. The molecule has 0 heterocycles. The second-order valence-electron chi connectivity index (χ2n) is 4.31. The van der Waals surface area contributed by atoms with Crippen LogP contribution in [0.1, 0.15) is 38.5 Å². The number of ether oxygens (including phenoxy) is 2. The molecule has 0 aromatic carbocycles. The van der Waals surface area contributed by atoms with Gasteiger partial charge in [0.1, 0.15) is 0 Å². The van der Waals surface area contributed by atoms with E-state index in [0.717, 1.165) is 37.8 Å². The van der Waals surface area contributed by atoms with Crippen LogP contribution in [0.5, 0.6) is 0 Å². The van der Waals surface area contributed by atoms with Gasteiger partial charge < -0.3 is 19.7 Å². The first-order valence-electron chi connectivity index (χ1n) is 7.42. The largest absolute Gasteiger partial charge is 0.463 e. The Bertz CT molecular complexity index is 301. The molecule has 0 atom stereocenters. The zero-order valence-corrected chi connectivity index (χ0v) is 13.2. The quantitative estimate of drug-likeness (QED) is 0.324. The van der Waals surface area contributed by atoms with Crippen LogP contribution in [0.3, 0.4) is 0 Å². The lowest BCUT2D eigenvalue weighted by Crippen LogP contribution is -2.02. The Morgan fingerprint density at radius 2 is 1.09 bits per heavy atom. The second kappa shape index (κ2) is 19.3. The molecule has 0 aliphatic heterocycles. The van der Waals surface area contributed by atoms with Gasteiger partial charge in [-0.3, -0.25) is 0 Å². The van der Waals surface area contributed by atoms with Crippen molar-refractivity contribution in [2.24, 2.45) is 0 Å². The van der Waals surface area contributed by atoms with Crippen LogP contribution in [0, 0.1) is 0 Å². The Morgan fingerprint density at radius 1 is 0.727 bits per heavy atom. The third kappa shape index (κ3) is 20.7. The van der Waals surface area contributed by atoms with Crippen molar-refractivity contribution in [3.63, 3.8) is 0 Å². The Hall–Kier alpha value is -1.66. The summed E-state index contributed by atoms with van der Waals surface area (Å²) in [5.74, 6) is -0.768. The van der Waals surface area contributed by atoms with Crippen molar-refractivity contribution in [2.45, 2.75) is 38.5 Å². The molecule has 0 bridgehead atoms. The van der Waals surface area contributed by atoms with E-state index in [0.29, 0.717) is 26.1 Å². The third-order valence-corrected chi connectivity index (χ3v) is 2.43. The van der Waals surface area contributed by atoms with Gasteiger partial charge in [-0.25, -0.2) is 9.59 Å². The van der Waals surface area contributed by atoms with Gasteiger partial charge in [0.15, 0.2) is 0 Å². The molecule has 6 nitrogen and oxygen atoms in total. The highest BCUT2D eigenvalue weighted by molar-refractivity contribution is 5.81. The van der Waals surface area contributed by atoms with Crippen LogP contribution in [0.2, 0.25) is 0 Å². The van der Waals surface area contributed by atoms with Gasteiger partial charge in [-0.05, 0) is 32.1 Å². The van der Waals surface area contributed by atoms with Crippen molar-refractivity contribution < 1.29 is 29.3 Å². The number of aliphatic hydroxyl groups is 2. The van der Waals surface area contributed by atoms with Gasteiger partial charge in [-0.1, -0.05) is 19.6 Å². The molecular weight excluding hydrogens is 288 g/mol. The van der Waals surface area contributed by atoms with Crippen molar-refractivity contribution >= 4 is 11.9 Å². The van der Waals surface area contributed by atoms with Crippen molar-refractivity contribution in [1.82, 2.24) is 0 Å². The van der Waals surface area contributed by atoms with Crippen molar-refractivity contribution in [1.29, 1.82) is 0 Å². The lowest BCUT2D eigenvalue weighted by Gasteiger charge is -2.00. The number of aliphatic hydroxyl groups excluding tert-OH is 2. The number of rotatable bonds is 12. The van der Waals surface area contributed by atoms with Crippen molar-refractivity contribution in [3.8, 4) is 0 Å². The summed E-state index contributed by atoms with van der Waals surface area (Å²) < 4.78 is 9.38. The van der Waals surface area contributed by atoms with Crippen molar-refractivity contribution in [2.75, 3.05) is 26.4 Å². The van der Waals surface area contributed by atoms with Crippen molar-refractivity contribution in [3.05, 3.63) is 25.3 Å². The number of unbranched alkanes of at least 4 members (excludes halogenated alkanes) is 4. The summed E-state index contributed by atoms with van der Waals surface area (Å²) in [5.41, 5.74) is 0. The van der Waals surface area contributed by atoms with Crippen LogP contribution in [-0.2, 0) is 19.1 Å². The smallest absolute Gasteiger partial charge is 0.330 e. The maximum Gasteiger partial charge on any atom is 0.330 e. The van der Waals surface area contributed by atoms with Gasteiger partial charge in [0.05, 0.1) is 13.2 Å². The summed E-state index contributed by atoms with van der Waals surface area (Å²) in [5, 5.41) is 16.8. The minimum absolute atomic E-state index is 0.144. The minimum atomic E-state index is -0.405. The van der Waals surface area contributed by atoms with E-state index in [-0.39, 0.29) is 19.2 Å². The van der Waals surface area contributed by atoms with E-state index >= 15 is 0 Å². The third-order valence-electron chi connectivity index (χ3n) is 2.43. The molecule has 0 saturated heterocycles. The zero-order chi connectivity index (χ0) is 17.1. The summed E-state index contributed by atoms with van der Waals surface area (Å²) in [6, 6.07) is 0. The number of hydrogen-bond acceptors (Lipinski definition) is 6. The van der Waals surface area contributed by atoms with Crippen LogP contribution in [0.25, 0.3) is 0 Å². The van der Waals surface area contributed by atoms with Crippen LogP contribution < -0.4 is 0 Å². The monoisotopic (exact) mass is 316 g/mol. The molecule has 0 spiro atoms. The summed E-state index contributed by atoms with van der Waals surface area (Å²) in [4.78, 5) is 20.9. The minimum Gasteiger partial charge on any atom is -0.463 e. The summed E-state index contributed by atoms with van der Waals surface area (Å²) >= 11 is 0. The predicted octanol–water partition coefficient (Wildman–Crippen LogP) is 1.76. The van der Waals surface area contributed by atoms with E-state index in [1.807, 2.05) is 0 Å². The fourth-order valence-electron chi connectivity index (χ4n) is 1.24. The number of hydrogen-bond donors (Lipinski definition) is 2. The first kappa shape index (κ1) is 22.6. The lowest BCUT2D eigenvalue weighted by atomic mass is 10.2. The molecule has 0 saturated carbocycles. The molecule has 0 rings (SSSR count). The Labute approximate surface area is 132 Å². The zero-order valence-electron chi connectivity index (χ0n) is 13.2. The molecule has 128 valence electrons. The molecule has 0 fully saturated rings. The molecule has 0 aliphatic rings. The normalized spacial score (nSPS) is 9.18.